The van der Waals surface area contributed by atoms with Crippen molar-refractivity contribution < 1.29 is 13.2 Å². The number of rotatable bonds is 5. The predicted molar refractivity (Wildman–Crippen MR) is 99.3 cm³/mol. The molecule has 0 aliphatic carbocycles. The first-order valence-corrected chi connectivity index (χ1v) is 9.13. The Bertz CT molecular complexity index is 915. The lowest BCUT2D eigenvalue weighted by molar-refractivity contribution is 0.251. The molecule has 1 aliphatic rings. The molecule has 1 aromatic heterocycles. The van der Waals surface area contributed by atoms with Crippen molar-refractivity contribution in [3.8, 4) is 0 Å². The van der Waals surface area contributed by atoms with Crippen LogP contribution in [-0.2, 0) is 6.54 Å². The number of hydrogen-bond donors (Lipinski definition) is 0. The maximum Gasteiger partial charge on any atom is 0.161 e. The van der Waals surface area contributed by atoms with Gasteiger partial charge in [-0.05, 0) is 37.2 Å². The third-order valence-electron chi connectivity index (χ3n) is 5.10. The Labute approximate surface area is 155 Å². The van der Waals surface area contributed by atoms with Gasteiger partial charge in [0.25, 0.3) is 0 Å². The first kappa shape index (κ1) is 17.9. The second kappa shape index (κ2) is 7.60. The topological polar surface area (TPSA) is 24.3 Å². The van der Waals surface area contributed by atoms with Gasteiger partial charge in [0.15, 0.2) is 11.6 Å². The molecule has 0 unspecified atom stereocenters. The van der Waals surface area contributed by atoms with Crippen LogP contribution < -0.4 is 4.90 Å². The standard InChI is InChI=1S/C20H21F3N4/c21-15-2-4-16(5-3-15)26-10-8-25(9-11-26)6-1-7-27-14-24-19-12-17(22)18(23)13-20(19)27/h2-5,12-14H,1,6-11H2. The number of hydrogen-bond acceptors (Lipinski definition) is 3. The lowest BCUT2D eigenvalue weighted by atomic mass is 10.2. The summed E-state index contributed by atoms with van der Waals surface area (Å²) in [5, 5.41) is 0. The van der Waals surface area contributed by atoms with Crippen molar-refractivity contribution in [3.63, 3.8) is 0 Å². The highest BCUT2D eigenvalue weighted by Crippen LogP contribution is 2.19. The van der Waals surface area contributed by atoms with Gasteiger partial charge in [-0.15, -0.1) is 0 Å². The molecule has 0 atom stereocenters. The van der Waals surface area contributed by atoms with E-state index in [1.54, 1.807) is 6.33 Å². The van der Waals surface area contributed by atoms with Crippen LogP contribution in [0.2, 0.25) is 0 Å². The molecule has 0 amide bonds. The zero-order valence-electron chi connectivity index (χ0n) is 14.9. The van der Waals surface area contributed by atoms with Gasteiger partial charge in [-0.1, -0.05) is 0 Å². The van der Waals surface area contributed by atoms with Gasteiger partial charge in [0.05, 0.1) is 17.4 Å². The summed E-state index contributed by atoms with van der Waals surface area (Å²) in [4.78, 5) is 8.79. The highest BCUT2D eigenvalue weighted by atomic mass is 19.2. The highest BCUT2D eigenvalue weighted by molar-refractivity contribution is 5.75. The fourth-order valence-corrected chi connectivity index (χ4v) is 3.58. The Morgan fingerprint density at radius 1 is 0.852 bits per heavy atom. The SMILES string of the molecule is Fc1ccc(N2CCN(CCCn3cnc4cc(F)c(F)cc43)CC2)cc1. The van der Waals surface area contributed by atoms with E-state index in [-0.39, 0.29) is 5.82 Å². The van der Waals surface area contributed by atoms with E-state index in [9.17, 15) is 13.2 Å². The molecule has 1 saturated heterocycles. The van der Waals surface area contributed by atoms with Gasteiger partial charge >= 0.3 is 0 Å². The van der Waals surface area contributed by atoms with Crippen LogP contribution in [-0.4, -0.2) is 47.2 Å². The Hall–Kier alpha value is -2.54. The number of fused-ring (bicyclic) bond motifs is 1. The van der Waals surface area contributed by atoms with Crippen molar-refractivity contribution in [1.82, 2.24) is 14.5 Å². The summed E-state index contributed by atoms with van der Waals surface area (Å²) in [7, 11) is 0. The van der Waals surface area contributed by atoms with Crippen LogP contribution in [0.15, 0.2) is 42.7 Å². The normalized spacial score (nSPS) is 15.6. The van der Waals surface area contributed by atoms with Crippen molar-refractivity contribution in [2.45, 2.75) is 13.0 Å². The summed E-state index contributed by atoms with van der Waals surface area (Å²) >= 11 is 0. The molecule has 27 heavy (non-hydrogen) atoms. The van der Waals surface area contributed by atoms with E-state index in [0.29, 0.717) is 17.6 Å². The summed E-state index contributed by atoms with van der Waals surface area (Å²) in [5.41, 5.74) is 2.15. The van der Waals surface area contributed by atoms with Gasteiger partial charge < -0.3 is 9.47 Å². The molecule has 142 valence electrons. The number of benzene rings is 2. The lowest BCUT2D eigenvalue weighted by Crippen LogP contribution is -2.46. The molecule has 0 spiro atoms. The van der Waals surface area contributed by atoms with E-state index in [0.717, 1.165) is 50.9 Å². The molecule has 0 bridgehead atoms. The number of aryl methyl sites for hydroxylation is 1. The summed E-state index contributed by atoms with van der Waals surface area (Å²) in [6.45, 7) is 5.35. The average Bonchev–Trinajstić information content (AvgIpc) is 3.05. The molecule has 4 nitrogen and oxygen atoms in total. The Balaban J connectivity index is 1.28. The second-order valence-corrected chi connectivity index (χ2v) is 6.85. The molecule has 7 heteroatoms. The van der Waals surface area contributed by atoms with Crippen LogP contribution in [0.1, 0.15) is 6.42 Å². The molecular weight excluding hydrogens is 353 g/mol. The minimum atomic E-state index is -0.869. The van der Waals surface area contributed by atoms with Crippen LogP contribution in [0.4, 0.5) is 18.9 Å². The van der Waals surface area contributed by atoms with Gasteiger partial charge in [-0.25, -0.2) is 18.2 Å². The fraction of sp³-hybridized carbons (Fsp3) is 0.350. The van der Waals surface area contributed by atoms with Crippen molar-refractivity contribution >= 4 is 16.7 Å². The van der Waals surface area contributed by atoms with E-state index in [2.05, 4.69) is 14.8 Å². The zero-order valence-corrected chi connectivity index (χ0v) is 14.9. The number of anilines is 1. The number of aromatic nitrogens is 2. The fourth-order valence-electron chi connectivity index (χ4n) is 3.58. The van der Waals surface area contributed by atoms with Gasteiger partial charge in [0, 0.05) is 50.5 Å². The molecule has 2 aromatic carbocycles. The summed E-state index contributed by atoms with van der Waals surface area (Å²) < 4.78 is 41.6. The molecule has 0 radical (unpaired) electrons. The third-order valence-corrected chi connectivity index (χ3v) is 5.10. The van der Waals surface area contributed by atoms with Crippen LogP contribution in [0.25, 0.3) is 11.0 Å². The molecular formula is C20H21F3N4. The van der Waals surface area contributed by atoms with Crippen LogP contribution >= 0.6 is 0 Å². The van der Waals surface area contributed by atoms with E-state index >= 15 is 0 Å². The lowest BCUT2D eigenvalue weighted by Gasteiger charge is -2.36. The number of piperazine rings is 1. The quantitative estimate of drug-likeness (QED) is 0.681. The van der Waals surface area contributed by atoms with E-state index in [1.807, 2.05) is 16.7 Å². The van der Waals surface area contributed by atoms with Crippen LogP contribution in [0.5, 0.6) is 0 Å². The van der Waals surface area contributed by atoms with E-state index < -0.39 is 11.6 Å². The predicted octanol–water partition coefficient (Wildman–Crippen LogP) is 3.67. The minimum Gasteiger partial charge on any atom is -0.369 e. The van der Waals surface area contributed by atoms with Crippen LogP contribution in [0.3, 0.4) is 0 Å². The zero-order chi connectivity index (χ0) is 18.8. The maximum atomic E-state index is 13.5. The van der Waals surface area contributed by atoms with Gasteiger partial charge in [-0.2, -0.15) is 0 Å². The molecule has 1 aliphatic heterocycles. The molecule has 4 rings (SSSR count). The molecule has 0 saturated carbocycles. The first-order valence-electron chi connectivity index (χ1n) is 9.13. The molecule has 1 fully saturated rings. The molecule has 0 N–H and O–H groups in total. The monoisotopic (exact) mass is 374 g/mol. The molecule has 3 aromatic rings. The maximum absolute atomic E-state index is 13.5. The van der Waals surface area contributed by atoms with Crippen molar-refractivity contribution in [2.24, 2.45) is 0 Å². The van der Waals surface area contributed by atoms with Crippen molar-refractivity contribution in [2.75, 3.05) is 37.6 Å². The van der Waals surface area contributed by atoms with Crippen molar-refractivity contribution in [1.29, 1.82) is 0 Å². The summed E-state index contributed by atoms with van der Waals surface area (Å²) in [6, 6.07) is 8.96. The van der Waals surface area contributed by atoms with Crippen molar-refractivity contribution in [3.05, 3.63) is 60.2 Å². The smallest absolute Gasteiger partial charge is 0.161 e. The van der Waals surface area contributed by atoms with Gasteiger partial charge in [0.2, 0.25) is 0 Å². The Morgan fingerprint density at radius 3 is 2.30 bits per heavy atom. The van der Waals surface area contributed by atoms with Gasteiger partial charge in [-0.3, -0.25) is 4.90 Å². The number of halogens is 3. The highest BCUT2D eigenvalue weighted by Gasteiger charge is 2.17. The Morgan fingerprint density at radius 2 is 1.56 bits per heavy atom. The van der Waals surface area contributed by atoms with Gasteiger partial charge in [0.1, 0.15) is 5.82 Å². The largest absolute Gasteiger partial charge is 0.369 e. The number of nitrogens with zero attached hydrogens (tertiary/aromatic N) is 4. The Kier molecular flexibility index (Phi) is 5.03. The second-order valence-electron chi connectivity index (χ2n) is 6.85. The third kappa shape index (κ3) is 3.93. The number of imidazole rings is 1. The summed E-state index contributed by atoms with van der Waals surface area (Å²) in [6.07, 6.45) is 2.54. The van der Waals surface area contributed by atoms with Crippen LogP contribution in [0, 0.1) is 17.5 Å². The first-order chi connectivity index (χ1) is 13.1. The minimum absolute atomic E-state index is 0.216. The van der Waals surface area contributed by atoms with E-state index in [1.165, 1.54) is 18.2 Å². The summed E-state index contributed by atoms with van der Waals surface area (Å²) in [5.74, 6) is -1.93. The average molecular weight is 374 g/mol. The molecule has 2 heterocycles. The van der Waals surface area contributed by atoms with E-state index in [4.69, 9.17) is 0 Å².